The molecule has 0 aliphatic carbocycles. The molecule has 2 rings (SSSR count). The third-order valence-electron chi connectivity index (χ3n) is 3.81. The molecule has 9 heteroatoms. The molecule has 154 valence electrons. The lowest BCUT2D eigenvalue weighted by molar-refractivity contribution is 0.202. The van der Waals surface area contributed by atoms with E-state index in [1.165, 1.54) is 0 Å². The van der Waals surface area contributed by atoms with E-state index in [9.17, 15) is 0 Å². The van der Waals surface area contributed by atoms with Crippen molar-refractivity contribution < 1.29 is 9.47 Å². The Kier molecular flexibility index (Phi) is 11.7. The fraction of sp³-hybridized carbons (Fsp3) is 0.263. The summed E-state index contributed by atoms with van der Waals surface area (Å²) in [5.74, 6) is 1.61. The summed E-state index contributed by atoms with van der Waals surface area (Å²) < 4.78 is 11.4. The van der Waals surface area contributed by atoms with Crippen LogP contribution in [-0.2, 0) is 0 Å². The van der Waals surface area contributed by atoms with E-state index in [4.69, 9.17) is 31.8 Å². The van der Waals surface area contributed by atoms with Crippen molar-refractivity contribution in [2.45, 2.75) is 0 Å². The van der Waals surface area contributed by atoms with Crippen molar-refractivity contribution in [3.63, 3.8) is 0 Å². The summed E-state index contributed by atoms with van der Waals surface area (Å²) >= 11 is 0. The zero-order valence-corrected chi connectivity index (χ0v) is 17.3. The van der Waals surface area contributed by atoms with Crippen LogP contribution in [0.4, 0.5) is 0 Å². The van der Waals surface area contributed by atoms with E-state index >= 15 is 0 Å². The Morgan fingerprint density at radius 3 is 1.36 bits per heavy atom. The highest BCUT2D eigenvalue weighted by atomic mass is 35.5. The molecule has 0 aliphatic rings. The smallest absolute Gasteiger partial charge is 0.122 e. The van der Waals surface area contributed by atoms with Gasteiger partial charge < -0.3 is 20.9 Å². The molecule has 2 aromatic rings. The van der Waals surface area contributed by atoms with Gasteiger partial charge in [-0.05, 0) is 55.6 Å². The lowest BCUT2D eigenvalue weighted by Gasteiger charge is -2.17. The Labute approximate surface area is 177 Å². The normalized spacial score (nSPS) is 9.79. The Bertz CT molecular complexity index is 675. The van der Waals surface area contributed by atoms with Gasteiger partial charge in [0.15, 0.2) is 0 Å². The number of hydrogen-bond acceptors (Lipinski definition) is 5. The van der Waals surface area contributed by atoms with Crippen LogP contribution in [0.1, 0.15) is 11.1 Å². The number of hydrogen-bond donors (Lipinski definition) is 4. The van der Waals surface area contributed by atoms with Crippen LogP contribution >= 0.6 is 24.8 Å². The van der Waals surface area contributed by atoms with Crippen molar-refractivity contribution >= 4 is 36.5 Å². The fourth-order valence-electron chi connectivity index (χ4n) is 2.21. The molecule has 0 saturated heterocycles. The van der Waals surface area contributed by atoms with E-state index in [0.29, 0.717) is 24.3 Å². The summed E-state index contributed by atoms with van der Waals surface area (Å²) in [6.45, 7) is 2.65. The van der Waals surface area contributed by atoms with Crippen molar-refractivity contribution in [3.8, 4) is 11.5 Å². The Hall–Kier alpha value is -2.48. The predicted octanol–water partition coefficient (Wildman–Crippen LogP) is 2.49. The number of nitrogen functional groups attached to an aromatic ring is 2. The molecular weight excluding hydrogens is 401 g/mol. The second-order valence-electron chi connectivity index (χ2n) is 5.88. The maximum absolute atomic E-state index is 7.36. The van der Waals surface area contributed by atoms with Crippen molar-refractivity contribution in [3.05, 3.63) is 59.7 Å². The number of likely N-dealkylation sites (N-methyl/N-ethyl adjacent to an activating group) is 1. The maximum Gasteiger partial charge on any atom is 0.122 e. The van der Waals surface area contributed by atoms with Crippen LogP contribution in [0.15, 0.2) is 48.5 Å². The Morgan fingerprint density at radius 2 is 1.07 bits per heavy atom. The summed E-state index contributed by atoms with van der Waals surface area (Å²) in [5, 5.41) is 14.7. The van der Waals surface area contributed by atoms with Crippen LogP contribution < -0.4 is 20.9 Å². The minimum absolute atomic E-state index is 0. The highest BCUT2D eigenvalue weighted by Crippen LogP contribution is 2.12. The van der Waals surface area contributed by atoms with Gasteiger partial charge in [-0.15, -0.1) is 24.8 Å². The molecule has 28 heavy (non-hydrogen) atoms. The van der Waals surface area contributed by atoms with Gasteiger partial charge >= 0.3 is 0 Å². The molecule has 0 unspecified atom stereocenters. The molecule has 0 heterocycles. The first-order chi connectivity index (χ1) is 12.5. The third-order valence-corrected chi connectivity index (χ3v) is 3.81. The van der Waals surface area contributed by atoms with E-state index in [0.717, 1.165) is 24.6 Å². The molecule has 0 fully saturated rings. The molecule has 2 aromatic carbocycles. The van der Waals surface area contributed by atoms with Gasteiger partial charge in [0.2, 0.25) is 0 Å². The SMILES string of the molecule is CN(CCOc1ccc(C(=N)N)cc1)CCOc1ccc(C(=N)N)cc1.Cl.Cl. The number of rotatable bonds is 10. The van der Waals surface area contributed by atoms with Gasteiger partial charge in [0.05, 0.1) is 0 Å². The number of nitrogens with two attached hydrogens (primary N) is 2. The number of nitrogens with zero attached hydrogens (tertiary/aromatic N) is 1. The van der Waals surface area contributed by atoms with Gasteiger partial charge in [-0.25, -0.2) is 0 Å². The Balaban J connectivity index is 0.00000364. The fourth-order valence-corrected chi connectivity index (χ4v) is 2.21. The van der Waals surface area contributed by atoms with Crippen LogP contribution in [-0.4, -0.2) is 49.9 Å². The lowest BCUT2D eigenvalue weighted by atomic mass is 10.2. The number of amidine groups is 2. The third kappa shape index (κ3) is 8.47. The zero-order valence-electron chi connectivity index (χ0n) is 15.7. The highest BCUT2D eigenvalue weighted by molar-refractivity contribution is 5.95. The quantitative estimate of drug-likeness (QED) is 0.342. The topological polar surface area (TPSA) is 121 Å². The maximum atomic E-state index is 7.36. The number of ether oxygens (including phenoxy) is 2. The molecule has 0 radical (unpaired) electrons. The van der Waals surface area contributed by atoms with E-state index in [2.05, 4.69) is 4.90 Å². The van der Waals surface area contributed by atoms with E-state index < -0.39 is 0 Å². The number of nitrogens with one attached hydrogen (secondary N) is 2. The summed E-state index contributed by atoms with van der Waals surface area (Å²) in [6.07, 6.45) is 0. The van der Waals surface area contributed by atoms with Crippen LogP contribution in [0.3, 0.4) is 0 Å². The van der Waals surface area contributed by atoms with E-state index in [1.54, 1.807) is 24.3 Å². The minimum Gasteiger partial charge on any atom is -0.492 e. The molecule has 6 N–H and O–H groups in total. The minimum atomic E-state index is 0. The van der Waals surface area contributed by atoms with Crippen LogP contribution in [0.5, 0.6) is 11.5 Å². The van der Waals surface area contributed by atoms with Crippen LogP contribution in [0.2, 0.25) is 0 Å². The molecule has 7 nitrogen and oxygen atoms in total. The van der Waals surface area contributed by atoms with Crippen molar-refractivity contribution in [2.24, 2.45) is 11.5 Å². The van der Waals surface area contributed by atoms with Crippen molar-refractivity contribution in [1.29, 1.82) is 10.8 Å². The predicted molar refractivity (Wildman–Crippen MR) is 118 cm³/mol. The average molecular weight is 428 g/mol. The van der Waals surface area contributed by atoms with Gasteiger partial charge in [-0.3, -0.25) is 15.7 Å². The van der Waals surface area contributed by atoms with Gasteiger partial charge in [0.25, 0.3) is 0 Å². The summed E-state index contributed by atoms with van der Waals surface area (Å²) in [6, 6.07) is 14.3. The summed E-state index contributed by atoms with van der Waals surface area (Å²) in [4.78, 5) is 2.12. The standard InChI is InChI=1S/C19H25N5O2.2ClH/c1-24(10-12-25-16-6-2-14(3-7-16)18(20)21)11-13-26-17-8-4-15(5-9-17)19(22)23;;/h2-9H,10-13H2,1H3,(H3,20,21)(H3,22,23);2*1H. The molecule has 0 bridgehead atoms. The zero-order chi connectivity index (χ0) is 18.9. The van der Waals surface area contributed by atoms with Crippen LogP contribution in [0, 0.1) is 10.8 Å². The molecular formula is C19H27Cl2N5O2. The molecule has 0 amide bonds. The summed E-state index contributed by atoms with van der Waals surface area (Å²) in [7, 11) is 2.00. The van der Waals surface area contributed by atoms with Gasteiger partial charge in [0, 0.05) is 24.2 Å². The van der Waals surface area contributed by atoms with Gasteiger partial charge in [0.1, 0.15) is 36.4 Å². The van der Waals surface area contributed by atoms with E-state index in [1.807, 2.05) is 31.3 Å². The van der Waals surface area contributed by atoms with E-state index in [-0.39, 0.29) is 36.5 Å². The number of halogens is 2. The first kappa shape index (κ1) is 25.5. The van der Waals surface area contributed by atoms with Gasteiger partial charge in [-0.1, -0.05) is 0 Å². The second kappa shape index (κ2) is 12.8. The number of benzene rings is 2. The molecule has 0 spiro atoms. The molecule has 0 aromatic heterocycles. The van der Waals surface area contributed by atoms with Gasteiger partial charge in [-0.2, -0.15) is 0 Å². The first-order valence-corrected chi connectivity index (χ1v) is 8.29. The lowest BCUT2D eigenvalue weighted by Crippen LogP contribution is -2.28. The summed E-state index contributed by atoms with van der Waals surface area (Å²) in [5.41, 5.74) is 12.2. The van der Waals surface area contributed by atoms with Crippen molar-refractivity contribution in [2.75, 3.05) is 33.4 Å². The molecule has 0 saturated carbocycles. The first-order valence-electron chi connectivity index (χ1n) is 8.29. The monoisotopic (exact) mass is 427 g/mol. The molecule has 0 aliphatic heterocycles. The van der Waals surface area contributed by atoms with Crippen molar-refractivity contribution in [1.82, 2.24) is 4.90 Å². The molecule has 0 atom stereocenters. The average Bonchev–Trinajstić information content (AvgIpc) is 2.62. The Morgan fingerprint density at radius 1 is 0.750 bits per heavy atom. The second-order valence-corrected chi connectivity index (χ2v) is 5.88. The highest BCUT2D eigenvalue weighted by Gasteiger charge is 2.02. The largest absolute Gasteiger partial charge is 0.492 e. The van der Waals surface area contributed by atoms with Crippen LogP contribution in [0.25, 0.3) is 0 Å².